The minimum atomic E-state index is -0.165. The summed E-state index contributed by atoms with van der Waals surface area (Å²) in [6.07, 6.45) is 2.19. The van der Waals surface area contributed by atoms with Crippen molar-refractivity contribution in [3.8, 4) is 5.75 Å². The van der Waals surface area contributed by atoms with Crippen molar-refractivity contribution >= 4 is 15.9 Å². The van der Waals surface area contributed by atoms with Crippen LogP contribution in [0.1, 0.15) is 37.8 Å². The van der Waals surface area contributed by atoms with Crippen molar-refractivity contribution in [3.05, 3.63) is 39.9 Å². The minimum absolute atomic E-state index is 0.0819. The average Bonchev–Trinajstić information content (AvgIpc) is 2.43. The van der Waals surface area contributed by atoms with Gasteiger partial charge >= 0.3 is 0 Å². The minimum Gasteiger partial charge on any atom is -0.483 e. The molecule has 0 aromatic heterocycles. The van der Waals surface area contributed by atoms with Gasteiger partial charge in [0.15, 0.2) is 0 Å². The number of benzene rings is 1. The van der Waals surface area contributed by atoms with Gasteiger partial charge in [-0.05, 0) is 50.0 Å². The summed E-state index contributed by atoms with van der Waals surface area (Å²) in [7, 11) is 0. The molecule has 1 heterocycles. The van der Waals surface area contributed by atoms with E-state index in [2.05, 4.69) is 55.4 Å². The molecule has 2 unspecified atom stereocenters. The highest BCUT2D eigenvalue weighted by atomic mass is 79.9. The number of halogens is 1. The molecular formula is C15H17BrO. The summed E-state index contributed by atoms with van der Waals surface area (Å²) in [5, 5.41) is 0. The summed E-state index contributed by atoms with van der Waals surface area (Å²) in [4.78, 5) is 0. The topological polar surface area (TPSA) is 9.23 Å². The van der Waals surface area contributed by atoms with Gasteiger partial charge in [-0.15, -0.1) is 0 Å². The molecule has 1 aromatic rings. The standard InChI is InChI=1S/C15H17BrO/c1-9-7-13-11(8-12(9)16)14(3)5-6-15(4,17-13)10(14)2/h7-8H,2,5-6H2,1,3-4H3. The lowest BCUT2D eigenvalue weighted by atomic mass is 9.74. The fourth-order valence-electron chi connectivity index (χ4n) is 3.20. The molecule has 2 atom stereocenters. The maximum absolute atomic E-state index is 6.20. The number of hydrogen-bond acceptors (Lipinski definition) is 1. The highest BCUT2D eigenvalue weighted by molar-refractivity contribution is 9.10. The van der Waals surface area contributed by atoms with Crippen LogP contribution in [0.25, 0.3) is 0 Å². The lowest BCUT2D eigenvalue weighted by molar-refractivity contribution is 0.124. The quantitative estimate of drug-likeness (QED) is 0.639. The molecule has 0 spiro atoms. The zero-order valence-corrected chi connectivity index (χ0v) is 12.1. The Balaban J connectivity index is 2.28. The molecule has 17 heavy (non-hydrogen) atoms. The Morgan fingerprint density at radius 1 is 1.29 bits per heavy atom. The zero-order chi connectivity index (χ0) is 12.4. The van der Waals surface area contributed by atoms with Gasteiger partial charge in [-0.1, -0.05) is 29.4 Å². The SMILES string of the molecule is C=C1C2(C)CCC1(C)c1cc(Br)c(C)cc1O2. The van der Waals surface area contributed by atoms with E-state index in [-0.39, 0.29) is 11.0 Å². The van der Waals surface area contributed by atoms with Crippen LogP contribution in [-0.4, -0.2) is 5.60 Å². The fourth-order valence-corrected chi connectivity index (χ4v) is 3.54. The van der Waals surface area contributed by atoms with Gasteiger partial charge in [0.05, 0.1) is 0 Å². The third-order valence-corrected chi connectivity index (χ3v) is 5.45. The van der Waals surface area contributed by atoms with Gasteiger partial charge < -0.3 is 4.74 Å². The molecule has 0 N–H and O–H groups in total. The molecule has 90 valence electrons. The van der Waals surface area contributed by atoms with Crippen molar-refractivity contribution in [2.75, 3.05) is 0 Å². The molecular weight excluding hydrogens is 276 g/mol. The van der Waals surface area contributed by atoms with Crippen molar-refractivity contribution in [2.24, 2.45) is 0 Å². The molecule has 3 rings (SSSR count). The third-order valence-electron chi connectivity index (χ3n) is 4.60. The number of fused-ring (bicyclic) bond motifs is 4. The third kappa shape index (κ3) is 1.31. The molecule has 1 fully saturated rings. The molecule has 1 saturated carbocycles. The van der Waals surface area contributed by atoms with Crippen LogP contribution in [0.5, 0.6) is 5.75 Å². The Labute approximate surface area is 111 Å². The van der Waals surface area contributed by atoms with Crippen molar-refractivity contribution in [1.29, 1.82) is 0 Å². The molecule has 1 aromatic carbocycles. The van der Waals surface area contributed by atoms with Crippen LogP contribution in [0.4, 0.5) is 0 Å². The summed E-state index contributed by atoms with van der Waals surface area (Å²) in [6.45, 7) is 10.9. The average molecular weight is 293 g/mol. The van der Waals surface area contributed by atoms with Crippen molar-refractivity contribution in [1.82, 2.24) is 0 Å². The molecule has 2 heteroatoms. The van der Waals surface area contributed by atoms with Gasteiger partial charge in [-0.3, -0.25) is 0 Å². The highest BCUT2D eigenvalue weighted by Crippen LogP contribution is 2.58. The molecule has 0 radical (unpaired) electrons. The van der Waals surface area contributed by atoms with E-state index >= 15 is 0 Å². The molecule has 2 aliphatic rings. The number of rotatable bonds is 0. The van der Waals surface area contributed by atoms with Gasteiger partial charge in [-0.25, -0.2) is 0 Å². The van der Waals surface area contributed by atoms with Gasteiger partial charge in [0.1, 0.15) is 11.4 Å². The Bertz CT molecular complexity index is 534. The Hall–Kier alpha value is -0.760. The summed E-state index contributed by atoms with van der Waals surface area (Å²) >= 11 is 3.62. The van der Waals surface area contributed by atoms with Gasteiger partial charge in [0.2, 0.25) is 0 Å². The Kier molecular flexibility index (Phi) is 2.11. The smallest absolute Gasteiger partial charge is 0.128 e. The van der Waals surface area contributed by atoms with E-state index in [1.54, 1.807) is 0 Å². The highest BCUT2D eigenvalue weighted by Gasteiger charge is 2.53. The Morgan fingerprint density at radius 3 is 2.71 bits per heavy atom. The van der Waals surface area contributed by atoms with E-state index in [9.17, 15) is 0 Å². The zero-order valence-electron chi connectivity index (χ0n) is 10.6. The van der Waals surface area contributed by atoms with Crippen LogP contribution >= 0.6 is 15.9 Å². The first kappa shape index (κ1) is 11.3. The van der Waals surface area contributed by atoms with E-state index in [0.29, 0.717) is 0 Å². The Morgan fingerprint density at radius 2 is 2.00 bits per heavy atom. The predicted octanol–water partition coefficient (Wildman–Crippen LogP) is 4.52. The first-order valence-corrected chi connectivity index (χ1v) is 6.86. The lowest BCUT2D eigenvalue weighted by Gasteiger charge is -2.40. The van der Waals surface area contributed by atoms with E-state index in [0.717, 1.165) is 23.1 Å². The van der Waals surface area contributed by atoms with Crippen molar-refractivity contribution in [3.63, 3.8) is 0 Å². The maximum Gasteiger partial charge on any atom is 0.128 e. The second-order valence-electron chi connectivity index (χ2n) is 5.74. The normalized spacial score (nSPS) is 34.5. The van der Waals surface area contributed by atoms with E-state index < -0.39 is 0 Å². The van der Waals surface area contributed by atoms with Gasteiger partial charge in [0.25, 0.3) is 0 Å². The lowest BCUT2D eigenvalue weighted by Crippen LogP contribution is -2.39. The first-order valence-electron chi connectivity index (χ1n) is 6.06. The van der Waals surface area contributed by atoms with Crippen LogP contribution in [0.3, 0.4) is 0 Å². The van der Waals surface area contributed by atoms with Gasteiger partial charge in [0, 0.05) is 15.5 Å². The largest absolute Gasteiger partial charge is 0.483 e. The molecule has 0 saturated heterocycles. The monoisotopic (exact) mass is 292 g/mol. The van der Waals surface area contributed by atoms with Gasteiger partial charge in [-0.2, -0.15) is 0 Å². The number of aryl methyl sites for hydroxylation is 1. The number of hydrogen-bond donors (Lipinski definition) is 0. The molecule has 1 aliphatic carbocycles. The van der Waals surface area contributed by atoms with Crippen LogP contribution in [-0.2, 0) is 5.41 Å². The summed E-state index contributed by atoms with van der Waals surface area (Å²) in [5.41, 5.74) is 3.66. The maximum atomic E-state index is 6.20. The van der Waals surface area contributed by atoms with Crippen molar-refractivity contribution < 1.29 is 4.74 Å². The summed E-state index contributed by atoms with van der Waals surface area (Å²) in [5.74, 6) is 1.04. The summed E-state index contributed by atoms with van der Waals surface area (Å²) in [6, 6.07) is 4.36. The van der Waals surface area contributed by atoms with E-state index in [1.807, 2.05) is 0 Å². The summed E-state index contributed by atoms with van der Waals surface area (Å²) < 4.78 is 7.36. The number of ether oxygens (including phenoxy) is 1. The molecule has 0 amide bonds. The second-order valence-corrected chi connectivity index (χ2v) is 6.60. The second kappa shape index (κ2) is 3.17. The molecule has 2 bridgehead atoms. The molecule has 1 nitrogen and oxygen atoms in total. The van der Waals surface area contributed by atoms with E-state index in [1.165, 1.54) is 16.7 Å². The van der Waals surface area contributed by atoms with Crippen LogP contribution in [0.2, 0.25) is 0 Å². The van der Waals surface area contributed by atoms with Crippen LogP contribution < -0.4 is 4.74 Å². The van der Waals surface area contributed by atoms with Crippen molar-refractivity contribution in [2.45, 2.75) is 44.6 Å². The fraction of sp³-hybridized carbons (Fsp3) is 0.467. The van der Waals surface area contributed by atoms with Crippen LogP contribution in [0, 0.1) is 6.92 Å². The van der Waals surface area contributed by atoms with Crippen LogP contribution in [0.15, 0.2) is 28.8 Å². The first-order chi connectivity index (χ1) is 7.87. The predicted molar refractivity (Wildman–Crippen MR) is 73.6 cm³/mol. The molecule has 1 aliphatic heterocycles. The van der Waals surface area contributed by atoms with E-state index in [4.69, 9.17) is 4.74 Å².